The molecular weight excluding hydrogens is 460 g/mol. The van der Waals surface area contributed by atoms with Gasteiger partial charge in [-0.2, -0.15) is 0 Å². The van der Waals surface area contributed by atoms with Crippen molar-refractivity contribution in [2.24, 2.45) is 0 Å². The Labute approximate surface area is 189 Å². The summed E-state index contributed by atoms with van der Waals surface area (Å²) in [5, 5.41) is 8.78. The molecule has 0 saturated carbocycles. The van der Waals surface area contributed by atoms with E-state index in [9.17, 15) is 4.79 Å². The summed E-state index contributed by atoms with van der Waals surface area (Å²) >= 11 is 3.47. The van der Waals surface area contributed by atoms with Gasteiger partial charge in [0.15, 0.2) is 5.82 Å². The van der Waals surface area contributed by atoms with E-state index in [-0.39, 0.29) is 5.91 Å². The smallest absolute Gasteiger partial charge is 0.255 e. The van der Waals surface area contributed by atoms with Crippen molar-refractivity contribution in [3.05, 3.63) is 64.6 Å². The SMILES string of the molecule is COc1ccc(-c2ccc(N3CCN(C(=O)c4cc(OC)ccc4Br)CC3)nn2)cc1. The van der Waals surface area contributed by atoms with E-state index in [1.807, 2.05) is 53.4 Å². The van der Waals surface area contributed by atoms with Crippen molar-refractivity contribution in [2.75, 3.05) is 45.3 Å². The molecule has 1 fully saturated rings. The number of hydrogen-bond donors (Lipinski definition) is 0. The van der Waals surface area contributed by atoms with Crippen LogP contribution in [0.5, 0.6) is 11.5 Å². The van der Waals surface area contributed by atoms with Crippen LogP contribution in [0.4, 0.5) is 5.82 Å². The number of methoxy groups -OCH3 is 2. The van der Waals surface area contributed by atoms with Gasteiger partial charge in [0.25, 0.3) is 5.91 Å². The van der Waals surface area contributed by atoms with Crippen molar-refractivity contribution in [1.82, 2.24) is 15.1 Å². The first-order valence-electron chi connectivity index (χ1n) is 9.95. The summed E-state index contributed by atoms with van der Waals surface area (Å²) in [7, 11) is 3.24. The average molecular weight is 483 g/mol. The molecule has 4 rings (SSSR count). The van der Waals surface area contributed by atoms with E-state index in [1.54, 1.807) is 20.3 Å². The minimum absolute atomic E-state index is 0.00800. The lowest BCUT2D eigenvalue weighted by Crippen LogP contribution is -2.49. The van der Waals surface area contributed by atoms with Crippen molar-refractivity contribution < 1.29 is 14.3 Å². The summed E-state index contributed by atoms with van der Waals surface area (Å²) in [6, 6.07) is 17.1. The Bertz CT molecular complexity index is 1050. The first-order chi connectivity index (χ1) is 15.1. The number of carbonyl (C=O) groups is 1. The van der Waals surface area contributed by atoms with Crippen LogP contribution in [-0.4, -0.2) is 61.4 Å². The summed E-state index contributed by atoms with van der Waals surface area (Å²) in [6.45, 7) is 2.63. The molecule has 31 heavy (non-hydrogen) atoms. The first kappa shape index (κ1) is 21.1. The monoisotopic (exact) mass is 482 g/mol. The predicted molar refractivity (Wildman–Crippen MR) is 123 cm³/mol. The fourth-order valence-corrected chi connectivity index (χ4v) is 3.93. The Morgan fingerprint density at radius 2 is 1.55 bits per heavy atom. The summed E-state index contributed by atoms with van der Waals surface area (Å²) in [4.78, 5) is 17.0. The van der Waals surface area contributed by atoms with Gasteiger partial charge in [-0.15, -0.1) is 10.2 Å². The second kappa shape index (κ2) is 9.34. The third-order valence-electron chi connectivity index (χ3n) is 5.33. The fraction of sp³-hybridized carbons (Fsp3) is 0.261. The maximum atomic E-state index is 13.0. The summed E-state index contributed by atoms with van der Waals surface area (Å²) in [6.07, 6.45) is 0. The topological polar surface area (TPSA) is 67.8 Å². The Balaban J connectivity index is 1.40. The number of aromatic nitrogens is 2. The Hall–Kier alpha value is -3.13. The Kier molecular flexibility index (Phi) is 6.36. The zero-order valence-electron chi connectivity index (χ0n) is 17.4. The molecule has 0 N–H and O–H groups in total. The van der Waals surface area contributed by atoms with Crippen LogP contribution in [-0.2, 0) is 0 Å². The van der Waals surface area contributed by atoms with E-state index < -0.39 is 0 Å². The summed E-state index contributed by atoms with van der Waals surface area (Å²) in [5.74, 6) is 2.28. The van der Waals surface area contributed by atoms with Crippen molar-refractivity contribution in [1.29, 1.82) is 0 Å². The van der Waals surface area contributed by atoms with Gasteiger partial charge in [0.1, 0.15) is 11.5 Å². The van der Waals surface area contributed by atoms with Gasteiger partial charge in [-0.1, -0.05) is 0 Å². The standard InChI is InChI=1S/C23H23BrN4O3/c1-30-17-5-3-16(4-6-17)21-9-10-22(26-25-21)27-11-13-28(14-12-27)23(29)19-15-18(31-2)7-8-20(19)24/h3-10,15H,11-14H2,1-2H3. The molecule has 0 bridgehead atoms. The first-order valence-corrected chi connectivity index (χ1v) is 10.7. The number of amides is 1. The number of rotatable bonds is 5. The molecule has 0 radical (unpaired) electrons. The van der Waals surface area contributed by atoms with Gasteiger partial charge in [0.05, 0.1) is 25.5 Å². The number of nitrogens with zero attached hydrogens (tertiary/aromatic N) is 4. The molecule has 1 amide bonds. The molecular formula is C23H23BrN4O3. The Morgan fingerprint density at radius 3 is 2.16 bits per heavy atom. The van der Waals surface area contributed by atoms with Crippen LogP contribution >= 0.6 is 15.9 Å². The molecule has 2 aromatic carbocycles. The van der Waals surface area contributed by atoms with Gasteiger partial charge in [-0.3, -0.25) is 4.79 Å². The highest BCUT2D eigenvalue weighted by molar-refractivity contribution is 9.10. The van der Waals surface area contributed by atoms with Gasteiger partial charge >= 0.3 is 0 Å². The van der Waals surface area contributed by atoms with Gasteiger partial charge in [-0.05, 0) is 70.5 Å². The highest BCUT2D eigenvalue weighted by Gasteiger charge is 2.24. The molecule has 0 atom stereocenters. The molecule has 0 aliphatic carbocycles. The second-order valence-corrected chi connectivity index (χ2v) is 7.98. The minimum Gasteiger partial charge on any atom is -0.497 e. The lowest BCUT2D eigenvalue weighted by atomic mass is 10.1. The maximum absolute atomic E-state index is 13.0. The molecule has 1 aliphatic heterocycles. The van der Waals surface area contributed by atoms with E-state index in [2.05, 4.69) is 31.0 Å². The highest BCUT2D eigenvalue weighted by atomic mass is 79.9. The molecule has 2 heterocycles. The predicted octanol–water partition coefficient (Wildman–Crippen LogP) is 3.89. The summed E-state index contributed by atoms with van der Waals surface area (Å²) in [5.41, 5.74) is 2.40. The quantitative estimate of drug-likeness (QED) is 0.549. The molecule has 3 aromatic rings. The molecule has 160 valence electrons. The second-order valence-electron chi connectivity index (χ2n) is 7.13. The van der Waals surface area contributed by atoms with Gasteiger partial charge in [-0.25, -0.2) is 0 Å². The van der Waals surface area contributed by atoms with E-state index in [0.29, 0.717) is 37.5 Å². The molecule has 8 heteroatoms. The van der Waals surface area contributed by atoms with Gasteiger partial charge in [0.2, 0.25) is 0 Å². The minimum atomic E-state index is -0.00800. The van der Waals surface area contributed by atoms with Crippen LogP contribution < -0.4 is 14.4 Å². The largest absolute Gasteiger partial charge is 0.497 e. The van der Waals surface area contributed by atoms with Crippen molar-refractivity contribution >= 4 is 27.7 Å². The molecule has 1 saturated heterocycles. The van der Waals surface area contributed by atoms with Crippen LogP contribution in [0.25, 0.3) is 11.3 Å². The number of halogens is 1. The molecule has 0 spiro atoms. The molecule has 1 aliphatic rings. The lowest BCUT2D eigenvalue weighted by molar-refractivity contribution is 0.0745. The molecule has 1 aromatic heterocycles. The summed E-state index contributed by atoms with van der Waals surface area (Å²) < 4.78 is 11.2. The van der Waals surface area contributed by atoms with Crippen molar-refractivity contribution in [3.63, 3.8) is 0 Å². The van der Waals surface area contributed by atoms with E-state index in [1.165, 1.54) is 0 Å². The number of carbonyl (C=O) groups excluding carboxylic acids is 1. The van der Waals surface area contributed by atoms with Crippen LogP contribution in [0, 0.1) is 0 Å². The van der Waals surface area contributed by atoms with E-state index in [4.69, 9.17) is 9.47 Å². The van der Waals surface area contributed by atoms with E-state index in [0.717, 1.165) is 27.3 Å². The van der Waals surface area contributed by atoms with Crippen LogP contribution in [0.15, 0.2) is 59.1 Å². The normalized spacial score (nSPS) is 13.8. The number of ether oxygens (including phenoxy) is 2. The number of hydrogen-bond acceptors (Lipinski definition) is 6. The third kappa shape index (κ3) is 4.64. The zero-order valence-corrected chi connectivity index (χ0v) is 19.0. The average Bonchev–Trinajstić information content (AvgIpc) is 2.84. The van der Waals surface area contributed by atoms with Crippen LogP contribution in [0.2, 0.25) is 0 Å². The third-order valence-corrected chi connectivity index (χ3v) is 6.02. The zero-order chi connectivity index (χ0) is 21.8. The number of benzene rings is 2. The number of piperazine rings is 1. The number of anilines is 1. The lowest BCUT2D eigenvalue weighted by Gasteiger charge is -2.35. The van der Waals surface area contributed by atoms with Crippen molar-refractivity contribution in [3.8, 4) is 22.8 Å². The van der Waals surface area contributed by atoms with Crippen LogP contribution in [0.3, 0.4) is 0 Å². The molecule has 7 nitrogen and oxygen atoms in total. The maximum Gasteiger partial charge on any atom is 0.255 e. The highest BCUT2D eigenvalue weighted by Crippen LogP contribution is 2.25. The van der Waals surface area contributed by atoms with E-state index >= 15 is 0 Å². The van der Waals surface area contributed by atoms with Gasteiger partial charge < -0.3 is 19.3 Å². The fourth-order valence-electron chi connectivity index (χ4n) is 3.51. The van der Waals surface area contributed by atoms with Crippen molar-refractivity contribution in [2.45, 2.75) is 0 Å². The van der Waals surface area contributed by atoms with Gasteiger partial charge in [0, 0.05) is 36.2 Å². The Morgan fingerprint density at radius 1 is 0.871 bits per heavy atom. The molecule has 0 unspecified atom stereocenters. The van der Waals surface area contributed by atoms with Crippen LogP contribution in [0.1, 0.15) is 10.4 Å².